The third-order valence-corrected chi connectivity index (χ3v) is 4.52. The zero-order valence-corrected chi connectivity index (χ0v) is 16.9. The molecule has 7 nitrogen and oxygen atoms in total. The van der Waals surface area contributed by atoms with Gasteiger partial charge in [0, 0.05) is 13.0 Å². The molecule has 1 atom stereocenters. The van der Waals surface area contributed by atoms with Crippen LogP contribution in [0.1, 0.15) is 90.4 Å². The molecular formula is C20H39N3O4. The Morgan fingerprint density at radius 2 is 1.44 bits per heavy atom. The van der Waals surface area contributed by atoms with Crippen LogP contribution in [-0.4, -0.2) is 42.0 Å². The molecule has 0 heterocycles. The summed E-state index contributed by atoms with van der Waals surface area (Å²) in [5.74, 6) is -1.46. The lowest BCUT2D eigenvalue weighted by Gasteiger charge is -2.11. The number of aliphatic carboxylic acids is 1. The van der Waals surface area contributed by atoms with E-state index < -0.39 is 24.5 Å². The first-order chi connectivity index (χ1) is 13.0. The van der Waals surface area contributed by atoms with E-state index in [0.717, 1.165) is 19.3 Å². The Labute approximate surface area is 163 Å². The summed E-state index contributed by atoms with van der Waals surface area (Å²) in [6.45, 7) is 2.39. The highest BCUT2D eigenvalue weighted by Crippen LogP contribution is 2.10. The van der Waals surface area contributed by atoms with Gasteiger partial charge in [-0.3, -0.25) is 14.4 Å². The Hall–Kier alpha value is -1.63. The standard InChI is InChI=1S/C20H39N3O4/c1-2-3-4-5-6-7-8-9-10-14-18(24)22-15-12-11-13-17(21)20(27)23-16-19(25)26/h17H,2-16,21H2,1H3,(H,22,24)(H,23,27)(H,25,26)/t17-/m0/s1. The van der Waals surface area contributed by atoms with Gasteiger partial charge in [-0.05, 0) is 25.7 Å². The molecule has 0 aromatic rings. The molecular weight excluding hydrogens is 346 g/mol. The Balaban J connectivity index is 3.43. The largest absolute Gasteiger partial charge is 0.480 e. The number of rotatable bonds is 18. The predicted octanol–water partition coefficient (Wildman–Crippen LogP) is 2.72. The Morgan fingerprint density at radius 3 is 2.04 bits per heavy atom. The van der Waals surface area contributed by atoms with Crippen LogP contribution in [0.15, 0.2) is 0 Å². The summed E-state index contributed by atoms with van der Waals surface area (Å²) in [5.41, 5.74) is 5.69. The molecule has 0 unspecified atom stereocenters. The average Bonchev–Trinajstić information content (AvgIpc) is 2.64. The average molecular weight is 386 g/mol. The molecule has 0 radical (unpaired) electrons. The van der Waals surface area contributed by atoms with Gasteiger partial charge in [-0.15, -0.1) is 0 Å². The molecule has 0 aromatic carbocycles. The monoisotopic (exact) mass is 385 g/mol. The van der Waals surface area contributed by atoms with Crippen molar-refractivity contribution in [2.24, 2.45) is 5.73 Å². The van der Waals surface area contributed by atoms with Crippen LogP contribution in [0.4, 0.5) is 0 Å². The fraction of sp³-hybridized carbons (Fsp3) is 0.850. The summed E-state index contributed by atoms with van der Waals surface area (Å²) < 4.78 is 0. The summed E-state index contributed by atoms with van der Waals surface area (Å²) in [7, 11) is 0. The first-order valence-electron chi connectivity index (χ1n) is 10.5. The molecule has 0 saturated carbocycles. The number of hydrogen-bond donors (Lipinski definition) is 4. The smallest absolute Gasteiger partial charge is 0.322 e. The first-order valence-corrected chi connectivity index (χ1v) is 10.5. The Kier molecular flexibility index (Phi) is 16.7. The molecule has 0 spiro atoms. The molecule has 0 aromatic heterocycles. The van der Waals surface area contributed by atoms with Gasteiger partial charge in [0.15, 0.2) is 0 Å². The van der Waals surface area contributed by atoms with Gasteiger partial charge in [-0.1, -0.05) is 58.3 Å². The summed E-state index contributed by atoms with van der Waals surface area (Å²) in [6.07, 6.45) is 13.6. The molecule has 5 N–H and O–H groups in total. The third kappa shape index (κ3) is 17.5. The number of unbranched alkanes of at least 4 members (excludes halogenated alkanes) is 9. The number of carboxylic acids is 1. The molecule has 0 rings (SSSR count). The molecule has 2 amide bonds. The summed E-state index contributed by atoms with van der Waals surface area (Å²) in [6, 6.07) is -0.706. The lowest BCUT2D eigenvalue weighted by atomic mass is 10.1. The maximum atomic E-state index is 11.7. The topological polar surface area (TPSA) is 122 Å². The zero-order chi connectivity index (χ0) is 20.3. The van der Waals surface area contributed by atoms with Crippen LogP contribution in [0.3, 0.4) is 0 Å². The maximum Gasteiger partial charge on any atom is 0.322 e. The predicted molar refractivity (Wildman–Crippen MR) is 107 cm³/mol. The van der Waals surface area contributed by atoms with Crippen molar-refractivity contribution < 1.29 is 19.5 Å². The Morgan fingerprint density at radius 1 is 0.852 bits per heavy atom. The molecule has 0 aliphatic carbocycles. The molecule has 0 aliphatic heterocycles. The van der Waals surface area contributed by atoms with Crippen LogP contribution in [0.5, 0.6) is 0 Å². The van der Waals surface area contributed by atoms with Gasteiger partial charge < -0.3 is 21.5 Å². The first kappa shape index (κ1) is 25.4. The number of nitrogens with one attached hydrogen (secondary N) is 2. The van der Waals surface area contributed by atoms with Gasteiger partial charge in [-0.25, -0.2) is 0 Å². The number of carboxylic acid groups (broad SMARTS) is 1. The van der Waals surface area contributed by atoms with Crippen LogP contribution in [0.25, 0.3) is 0 Å². The van der Waals surface area contributed by atoms with E-state index in [0.29, 0.717) is 25.8 Å². The summed E-state index contributed by atoms with van der Waals surface area (Å²) in [5, 5.41) is 13.6. The number of carbonyl (C=O) groups is 3. The minimum absolute atomic E-state index is 0.0847. The zero-order valence-electron chi connectivity index (χ0n) is 16.9. The highest BCUT2D eigenvalue weighted by molar-refractivity contribution is 5.84. The van der Waals surface area contributed by atoms with Crippen molar-refractivity contribution in [3.63, 3.8) is 0 Å². The Bertz CT molecular complexity index is 416. The van der Waals surface area contributed by atoms with Crippen molar-refractivity contribution in [2.45, 2.75) is 96.4 Å². The van der Waals surface area contributed by atoms with Gasteiger partial charge in [0.2, 0.25) is 11.8 Å². The SMILES string of the molecule is CCCCCCCCCCCC(=O)NCCCC[C@H](N)C(=O)NCC(=O)O. The highest BCUT2D eigenvalue weighted by atomic mass is 16.4. The second-order valence-electron chi connectivity index (χ2n) is 7.14. The van der Waals surface area contributed by atoms with Gasteiger partial charge >= 0.3 is 5.97 Å². The molecule has 0 bridgehead atoms. The van der Waals surface area contributed by atoms with Crippen LogP contribution in [-0.2, 0) is 14.4 Å². The highest BCUT2D eigenvalue weighted by Gasteiger charge is 2.13. The molecule has 0 saturated heterocycles. The molecule has 0 fully saturated rings. The van der Waals surface area contributed by atoms with Crippen molar-refractivity contribution in [1.82, 2.24) is 10.6 Å². The van der Waals surface area contributed by atoms with E-state index in [4.69, 9.17) is 10.8 Å². The lowest BCUT2D eigenvalue weighted by molar-refractivity contribution is -0.138. The van der Waals surface area contributed by atoms with Crippen LogP contribution in [0.2, 0.25) is 0 Å². The van der Waals surface area contributed by atoms with Gasteiger partial charge in [0.1, 0.15) is 6.54 Å². The van der Waals surface area contributed by atoms with E-state index in [1.807, 2.05) is 0 Å². The second-order valence-corrected chi connectivity index (χ2v) is 7.14. The van der Waals surface area contributed by atoms with Gasteiger partial charge in [0.05, 0.1) is 6.04 Å². The molecule has 7 heteroatoms. The van der Waals surface area contributed by atoms with E-state index in [-0.39, 0.29) is 5.91 Å². The van der Waals surface area contributed by atoms with Gasteiger partial charge in [-0.2, -0.15) is 0 Å². The van der Waals surface area contributed by atoms with Crippen LogP contribution < -0.4 is 16.4 Å². The summed E-state index contributed by atoms with van der Waals surface area (Å²) >= 11 is 0. The fourth-order valence-electron chi connectivity index (χ4n) is 2.83. The minimum Gasteiger partial charge on any atom is -0.480 e. The quantitative estimate of drug-likeness (QED) is 0.270. The van der Waals surface area contributed by atoms with Gasteiger partial charge in [0.25, 0.3) is 0 Å². The lowest BCUT2D eigenvalue weighted by Crippen LogP contribution is -2.42. The number of amides is 2. The summed E-state index contributed by atoms with van der Waals surface area (Å²) in [4.78, 5) is 33.6. The van der Waals surface area contributed by atoms with E-state index >= 15 is 0 Å². The molecule has 27 heavy (non-hydrogen) atoms. The van der Waals surface area contributed by atoms with Crippen molar-refractivity contribution in [1.29, 1.82) is 0 Å². The second kappa shape index (κ2) is 17.8. The van der Waals surface area contributed by atoms with E-state index in [1.54, 1.807) is 0 Å². The van der Waals surface area contributed by atoms with E-state index in [1.165, 1.54) is 44.9 Å². The van der Waals surface area contributed by atoms with E-state index in [9.17, 15) is 14.4 Å². The van der Waals surface area contributed by atoms with Crippen LogP contribution >= 0.6 is 0 Å². The fourth-order valence-corrected chi connectivity index (χ4v) is 2.83. The normalized spacial score (nSPS) is 11.8. The van der Waals surface area contributed by atoms with Crippen molar-refractivity contribution >= 4 is 17.8 Å². The van der Waals surface area contributed by atoms with Crippen LogP contribution in [0, 0.1) is 0 Å². The number of nitrogens with two attached hydrogens (primary N) is 1. The third-order valence-electron chi connectivity index (χ3n) is 4.52. The molecule has 158 valence electrons. The molecule has 0 aliphatic rings. The van der Waals surface area contributed by atoms with Crippen molar-refractivity contribution in [3.8, 4) is 0 Å². The van der Waals surface area contributed by atoms with Crippen molar-refractivity contribution in [3.05, 3.63) is 0 Å². The van der Waals surface area contributed by atoms with Crippen molar-refractivity contribution in [2.75, 3.05) is 13.1 Å². The van der Waals surface area contributed by atoms with E-state index in [2.05, 4.69) is 17.6 Å². The maximum absolute atomic E-state index is 11.7. The number of hydrogen-bond acceptors (Lipinski definition) is 4. The minimum atomic E-state index is -1.09. The number of carbonyl (C=O) groups excluding carboxylic acids is 2.